The van der Waals surface area contributed by atoms with Gasteiger partial charge in [0.25, 0.3) is 0 Å². The summed E-state index contributed by atoms with van der Waals surface area (Å²) in [6.45, 7) is 0.765. The van der Waals surface area contributed by atoms with Crippen molar-refractivity contribution in [3.63, 3.8) is 0 Å². The number of hydrogen-bond donors (Lipinski definition) is 2. The van der Waals surface area contributed by atoms with E-state index in [-0.39, 0.29) is 11.9 Å². The number of carbonyl (C=O) groups is 1. The minimum absolute atomic E-state index is 0.153. The van der Waals surface area contributed by atoms with Crippen LogP contribution in [-0.2, 0) is 4.79 Å². The molecule has 1 aliphatic rings. The van der Waals surface area contributed by atoms with Crippen molar-refractivity contribution in [1.29, 1.82) is 0 Å². The Bertz CT molecular complexity index is 409. The van der Waals surface area contributed by atoms with Crippen LogP contribution in [0.15, 0.2) is 27.1 Å². The first-order valence-electron chi connectivity index (χ1n) is 5.13. The second-order valence-corrected chi connectivity index (χ2v) is 5.58. The molecule has 16 heavy (non-hydrogen) atoms. The molecule has 0 saturated carbocycles. The molecule has 0 radical (unpaired) electrons. The van der Waals surface area contributed by atoms with Crippen LogP contribution in [0.5, 0.6) is 0 Å². The fourth-order valence-corrected chi connectivity index (χ4v) is 2.44. The van der Waals surface area contributed by atoms with Crippen LogP contribution < -0.4 is 10.6 Å². The maximum atomic E-state index is 11.0. The standard InChI is InChI=1S/C11H12Br2N2O/c12-7-1-3-9(13)10(5-7)14-6-8-2-4-11(16)15-8/h1,3,5,8,14H,2,4,6H2,(H,15,16). The topological polar surface area (TPSA) is 41.1 Å². The number of carbonyl (C=O) groups excluding carboxylic acids is 1. The highest BCUT2D eigenvalue weighted by molar-refractivity contribution is 9.11. The molecule has 1 heterocycles. The van der Waals surface area contributed by atoms with Gasteiger partial charge >= 0.3 is 0 Å². The molecule has 0 spiro atoms. The Morgan fingerprint density at radius 2 is 2.25 bits per heavy atom. The van der Waals surface area contributed by atoms with Gasteiger partial charge in [-0.2, -0.15) is 0 Å². The fourth-order valence-electron chi connectivity index (χ4n) is 1.70. The van der Waals surface area contributed by atoms with E-state index in [0.29, 0.717) is 6.42 Å². The Morgan fingerprint density at radius 3 is 2.94 bits per heavy atom. The molecule has 2 rings (SSSR count). The van der Waals surface area contributed by atoms with Crippen molar-refractivity contribution in [2.45, 2.75) is 18.9 Å². The molecular formula is C11H12Br2N2O. The maximum absolute atomic E-state index is 11.0. The number of rotatable bonds is 3. The van der Waals surface area contributed by atoms with E-state index in [1.807, 2.05) is 18.2 Å². The summed E-state index contributed by atoms with van der Waals surface area (Å²) in [6, 6.07) is 6.23. The quantitative estimate of drug-likeness (QED) is 0.882. The van der Waals surface area contributed by atoms with Gasteiger partial charge in [-0.05, 0) is 40.5 Å². The molecular weight excluding hydrogens is 336 g/mol. The molecule has 0 aromatic heterocycles. The minimum Gasteiger partial charge on any atom is -0.382 e. The van der Waals surface area contributed by atoms with Crippen LogP contribution in [0.25, 0.3) is 0 Å². The molecule has 3 nitrogen and oxygen atoms in total. The lowest BCUT2D eigenvalue weighted by molar-refractivity contribution is -0.119. The maximum Gasteiger partial charge on any atom is 0.220 e. The van der Waals surface area contributed by atoms with Crippen LogP contribution in [0, 0.1) is 0 Å². The van der Waals surface area contributed by atoms with E-state index < -0.39 is 0 Å². The molecule has 1 unspecified atom stereocenters. The van der Waals surface area contributed by atoms with Gasteiger partial charge in [-0.25, -0.2) is 0 Å². The molecule has 1 aliphatic heterocycles. The number of hydrogen-bond acceptors (Lipinski definition) is 2. The summed E-state index contributed by atoms with van der Waals surface area (Å²) in [5, 5.41) is 6.25. The highest BCUT2D eigenvalue weighted by Gasteiger charge is 2.20. The number of nitrogens with one attached hydrogen (secondary N) is 2. The van der Waals surface area contributed by atoms with Crippen molar-refractivity contribution >= 4 is 43.5 Å². The number of benzene rings is 1. The van der Waals surface area contributed by atoms with Crippen molar-refractivity contribution in [3.8, 4) is 0 Å². The molecule has 1 atom stereocenters. The molecule has 1 aromatic carbocycles. The second kappa shape index (κ2) is 5.19. The predicted octanol–water partition coefficient (Wildman–Crippen LogP) is 2.90. The van der Waals surface area contributed by atoms with Crippen LogP contribution in [0.3, 0.4) is 0 Å². The molecule has 2 N–H and O–H groups in total. The highest BCUT2D eigenvalue weighted by atomic mass is 79.9. The van der Waals surface area contributed by atoms with Crippen molar-refractivity contribution in [1.82, 2.24) is 5.32 Å². The van der Waals surface area contributed by atoms with Gasteiger partial charge < -0.3 is 10.6 Å². The zero-order valence-corrected chi connectivity index (χ0v) is 11.8. The van der Waals surface area contributed by atoms with Crippen molar-refractivity contribution in [2.75, 3.05) is 11.9 Å². The minimum atomic E-state index is 0.153. The predicted molar refractivity (Wildman–Crippen MR) is 71.5 cm³/mol. The Hall–Kier alpha value is -0.550. The normalized spacial score (nSPS) is 19.6. The van der Waals surface area contributed by atoms with E-state index in [2.05, 4.69) is 42.5 Å². The first kappa shape index (κ1) is 11.9. The van der Waals surface area contributed by atoms with Gasteiger partial charge in [-0.1, -0.05) is 15.9 Å². The van der Waals surface area contributed by atoms with Gasteiger partial charge in [0.2, 0.25) is 5.91 Å². The summed E-state index contributed by atoms with van der Waals surface area (Å²) < 4.78 is 2.06. The Kier molecular flexibility index (Phi) is 3.86. The van der Waals surface area contributed by atoms with Crippen LogP contribution in [-0.4, -0.2) is 18.5 Å². The zero-order valence-electron chi connectivity index (χ0n) is 8.59. The number of amides is 1. The Balaban J connectivity index is 1.94. The molecule has 86 valence electrons. The van der Waals surface area contributed by atoms with Gasteiger partial charge in [-0.15, -0.1) is 0 Å². The monoisotopic (exact) mass is 346 g/mol. The van der Waals surface area contributed by atoms with Gasteiger partial charge in [0.1, 0.15) is 0 Å². The zero-order chi connectivity index (χ0) is 11.5. The molecule has 5 heteroatoms. The van der Waals surface area contributed by atoms with Crippen molar-refractivity contribution in [3.05, 3.63) is 27.1 Å². The SMILES string of the molecule is O=C1CCC(CNc2cc(Br)ccc2Br)N1. The van der Waals surface area contributed by atoms with Gasteiger partial charge in [0.05, 0.1) is 0 Å². The van der Waals surface area contributed by atoms with Crippen molar-refractivity contribution < 1.29 is 4.79 Å². The lowest BCUT2D eigenvalue weighted by Gasteiger charge is -2.13. The van der Waals surface area contributed by atoms with E-state index in [1.165, 1.54) is 0 Å². The summed E-state index contributed by atoms with van der Waals surface area (Å²) in [4.78, 5) is 11.0. The van der Waals surface area contributed by atoms with E-state index in [0.717, 1.165) is 27.6 Å². The molecule has 0 bridgehead atoms. The van der Waals surface area contributed by atoms with Gasteiger partial charge in [-0.3, -0.25) is 4.79 Å². The van der Waals surface area contributed by atoms with E-state index in [9.17, 15) is 4.79 Å². The first-order valence-corrected chi connectivity index (χ1v) is 6.72. The number of halogens is 2. The third-order valence-corrected chi connectivity index (χ3v) is 3.74. The number of anilines is 1. The molecule has 1 saturated heterocycles. The average molecular weight is 348 g/mol. The van der Waals surface area contributed by atoms with Gasteiger partial charge in [0, 0.05) is 33.6 Å². The van der Waals surface area contributed by atoms with Gasteiger partial charge in [0.15, 0.2) is 0 Å². The third-order valence-electron chi connectivity index (χ3n) is 2.55. The largest absolute Gasteiger partial charge is 0.382 e. The second-order valence-electron chi connectivity index (χ2n) is 3.81. The Labute approximate surface area is 111 Å². The fraction of sp³-hybridized carbons (Fsp3) is 0.364. The molecule has 1 aromatic rings. The molecule has 0 aliphatic carbocycles. The summed E-state index contributed by atoms with van der Waals surface area (Å²) in [5.41, 5.74) is 1.04. The molecule has 1 amide bonds. The lowest BCUT2D eigenvalue weighted by Crippen LogP contribution is -2.31. The smallest absolute Gasteiger partial charge is 0.220 e. The third kappa shape index (κ3) is 2.98. The van der Waals surface area contributed by atoms with Crippen molar-refractivity contribution in [2.24, 2.45) is 0 Å². The van der Waals surface area contributed by atoms with Crippen LogP contribution in [0.1, 0.15) is 12.8 Å². The van der Waals surface area contributed by atoms with Crippen LogP contribution in [0.4, 0.5) is 5.69 Å². The van der Waals surface area contributed by atoms with Crippen LogP contribution >= 0.6 is 31.9 Å². The summed E-state index contributed by atoms with van der Waals surface area (Å²) >= 11 is 6.91. The Morgan fingerprint density at radius 1 is 1.44 bits per heavy atom. The van der Waals surface area contributed by atoms with Crippen LogP contribution in [0.2, 0.25) is 0 Å². The lowest BCUT2D eigenvalue weighted by atomic mass is 10.2. The van der Waals surface area contributed by atoms with E-state index >= 15 is 0 Å². The van der Waals surface area contributed by atoms with E-state index in [4.69, 9.17) is 0 Å². The summed E-state index contributed by atoms with van der Waals surface area (Å²) in [5.74, 6) is 0.153. The average Bonchev–Trinajstić information content (AvgIpc) is 2.66. The summed E-state index contributed by atoms with van der Waals surface area (Å²) in [6.07, 6.45) is 1.56. The molecule has 1 fully saturated rings. The summed E-state index contributed by atoms with van der Waals surface area (Å²) in [7, 11) is 0. The first-order chi connectivity index (χ1) is 7.65. The van der Waals surface area contributed by atoms with E-state index in [1.54, 1.807) is 0 Å². The highest BCUT2D eigenvalue weighted by Crippen LogP contribution is 2.26.